The Kier molecular flexibility index (Phi) is 16.4. The third-order valence-electron chi connectivity index (χ3n) is 12.1. The van der Waals surface area contributed by atoms with E-state index in [0.717, 1.165) is 49.2 Å². The molecule has 4 N–H and O–H groups in total. The monoisotopic (exact) mass is 985 g/mol. The molecule has 5 aromatic rings. The van der Waals surface area contributed by atoms with Crippen LogP contribution in [0.25, 0.3) is 0 Å². The highest BCUT2D eigenvalue weighted by Crippen LogP contribution is 2.30. The predicted molar refractivity (Wildman–Crippen MR) is 264 cm³/mol. The Morgan fingerprint density at radius 3 is 1.22 bits per heavy atom. The molecule has 3 aliphatic heterocycles. The number of anilines is 4. The fraction of sp³-hybridized carbons (Fsp3) is 0.347. The Labute approximate surface area is 400 Å². The molecule has 0 saturated carbocycles. The zero-order chi connectivity index (χ0) is 48.5. The predicted octanol–water partition coefficient (Wildman–Crippen LogP) is 8.39. The normalized spacial score (nSPS) is 18.1. The van der Waals surface area contributed by atoms with Gasteiger partial charge in [-0.3, -0.25) is 4.18 Å². The highest BCUT2D eigenvalue weighted by molar-refractivity contribution is 7.89. The smallest absolute Gasteiger partial charge is 0.308 e. The van der Waals surface area contributed by atoms with Crippen LogP contribution in [0.1, 0.15) is 55.2 Å². The van der Waals surface area contributed by atoms with Gasteiger partial charge >= 0.3 is 12.1 Å². The standard InChI is InChI=1S/C26H29N3O6S2.C23H30N4O3S/c1-19-5-9-21(10-6-19)27-26(30)28-22-11-15-24(16-12-22)36(31,32)29-17-3-4-23(29)18-35-37(33,34)25-13-7-20(2)8-14-25;1-18-6-8-19(9-7-18)24-23(28)25-20-10-12-22(13-11-20)31(29,30)27-16-4-5-21(27)17-26-14-2-3-15-26/h5-16,23H,3-4,17-18H2,1-2H3,(H2,27,28,30);6-13,21H,2-5,14-17H2,1H3,(H2,24,25,28)/t23-;21-/m00/s1. The first-order valence-corrected chi connectivity index (χ1v) is 27.0. The summed E-state index contributed by atoms with van der Waals surface area (Å²) in [6.07, 6.45) is 5.29. The van der Waals surface area contributed by atoms with Crippen LogP contribution in [0.5, 0.6) is 0 Å². The van der Waals surface area contributed by atoms with Crippen LogP contribution in [0.3, 0.4) is 0 Å². The summed E-state index contributed by atoms with van der Waals surface area (Å²) in [6, 6.07) is 32.0. The molecule has 4 amide bonds. The molecule has 0 spiro atoms. The minimum absolute atomic E-state index is 0.0278. The zero-order valence-electron chi connectivity index (χ0n) is 38.4. The number of likely N-dealkylation sites (tertiary alicyclic amines) is 1. The summed E-state index contributed by atoms with van der Waals surface area (Å²) in [4.78, 5) is 27.2. The Hall–Kier alpha value is -5.67. The minimum Gasteiger partial charge on any atom is -0.308 e. The quantitative estimate of drug-likeness (QED) is 0.0783. The van der Waals surface area contributed by atoms with E-state index in [1.165, 1.54) is 53.5 Å². The van der Waals surface area contributed by atoms with Crippen LogP contribution in [0.4, 0.5) is 32.3 Å². The van der Waals surface area contributed by atoms with Gasteiger partial charge in [0, 0.05) is 48.4 Å². The Morgan fingerprint density at radius 1 is 0.471 bits per heavy atom. The molecule has 5 aromatic carbocycles. The second-order valence-corrected chi connectivity index (χ2v) is 22.7. The molecule has 3 heterocycles. The molecule has 19 heteroatoms. The SMILES string of the molecule is Cc1ccc(NC(=O)Nc2ccc(S(=O)(=O)N3CCC[C@H]3CN3CCCC3)cc2)cc1.Cc1ccc(NC(=O)Nc2ccc(S(=O)(=O)N3CCC[C@H]3COS(=O)(=O)c3ccc(C)cc3)cc2)cc1. The molecule has 16 nitrogen and oxygen atoms in total. The second kappa shape index (κ2) is 22.2. The van der Waals surface area contributed by atoms with Crippen molar-refractivity contribution in [2.24, 2.45) is 0 Å². The van der Waals surface area contributed by atoms with E-state index in [9.17, 15) is 34.8 Å². The van der Waals surface area contributed by atoms with E-state index in [1.54, 1.807) is 52.8 Å². The largest absolute Gasteiger partial charge is 0.323 e. The average Bonchev–Trinajstić information content (AvgIpc) is 4.12. The molecule has 0 aromatic heterocycles. The van der Waals surface area contributed by atoms with E-state index in [0.29, 0.717) is 42.1 Å². The van der Waals surface area contributed by atoms with Gasteiger partial charge < -0.3 is 26.2 Å². The maximum atomic E-state index is 13.3. The summed E-state index contributed by atoms with van der Waals surface area (Å²) in [5.41, 5.74) is 5.40. The number of urea groups is 2. The second-order valence-electron chi connectivity index (χ2n) is 17.3. The summed E-state index contributed by atoms with van der Waals surface area (Å²) in [6.45, 7) is 9.29. The van der Waals surface area contributed by atoms with Crippen LogP contribution in [-0.2, 0) is 34.3 Å². The number of rotatable bonds is 14. The van der Waals surface area contributed by atoms with Gasteiger partial charge in [-0.25, -0.2) is 26.4 Å². The van der Waals surface area contributed by atoms with Gasteiger partial charge in [-0.15, -0.1) is 0 Å². The highest BCUT2D eigenvalue weighted by Gasteiger charge is 2.38. The number of carbonyl (C=O) groups is 2. The van der Waals surface area contributed by atoms with Crippen molar-refractivity contribution >= 4 is 65.0 Å². The van der Waals surface area contributed by atoms with Crippen molar-refractivity contribution < 1.29 is 39.0 Å². The first-order chi connectivity index (χ1) is 32.5. The van der Waals surface area contributed by atoms with Crippen LogP contribution in [0.2, 0.25) is 0 Å². The van der Waals surface area contributed by atoms with E-state index in [4.69, 9.17) is 4.18 Å². The van der Waals surface area contributed by atoms with Crippen LogP contribution in [0.15, 0.2) is 136 Å². The number of carbonyl (C=O) groups excluding carboxylic acids is 2. The van der Waals surface area contributed by atoms with Crippen molar-refractivity contribution in [3.05, 3.63) is 138 Å². The van der Waals surface area contributed by atoms with Gasteiger partial charge in [-0.05, 0) is 157 Å². The third kappa shape index (κ3) is 13.1. The summed E-state index contributed by atoms with van der Waals surface area (Å²) in [5.74, 6) is 0. The van der Waals surface area contributed by atoms with Gasteiger partial charge in [-0.2, -0.15) is 17.0 Å². The summed E-state index contributed by atoms with van der Waals surface area (Å²) >= 11 is 0. The van der Waals surface area contributed by atoms with Gasteiger partial charge in [-0.1, -0.05) is 53.1 Å². The van der Waals surface area contributed by atoms with E-state index in [1.807, 2.05) is 57.2 Å². The molecule has 2 atom stereocenters. The molecule has 0 aliphatic carbocycles. The number of amides is 4. The number of hydrogen-bond donors (Lipinski definition) is 4. The average molecular weight is 986 g/mol. The molecule has 3 aliphatic rings. The Bertz CT molecular complexity index is 2840. The van der Waals surface area contributed by atoms with Gasteiger partial charge in [0.2, 0.25) is 20.0 Å². The fourth-order valence-electron chi connectivity index (χ4n) is 8.36. The molecule has 0 unspecified atom stereocenters. The number of hydrogen-bond acceptors (Lipinski definition) is 10. The van der Waals surface area contributed by atoms with Crippen molar-refractivity contribution in [2.75, 3.05) is 60.6 Å². The van der Waals surface area contributed by atoms with Crippen molar-refractivity contribution in [3.63, 3.8) is 0 Å². The summed E-state index contributed by atoms with van der Waals surface area (Å²) < 4.78 is 86.3. The zero-order valence-corrected chi connectivity index (χ0v) is 40.9. The Morgan fingerprint density at radius 2 is 0.809 bits per heavy atom. The maximum absolute atomic E-state index is 13.3. The molecule has 362 valence electrons. The van der Waals surface area contributed by atoms with Gasteiger partial charge in [0.1, 0.15) is 0 Å². The Balaban J connectivity index is 0.000000204. The lowest BCUT2D eigenvalue weighted by Gasteiger charge is -2.28. The number of aryl methyl sites for hydroxylation is 3. The molecule has 0 bridgehead atoms. The van der Waals surface area contributed by atoms with Crippen LogP contribution < -0.4 is 21.3 Å². The highest BCUT2D eigenvalue weighted by atomic mass is 32.2. The lowest BCUT2D eigenvalue weighted by atomic mass is 10.2. The van der Waals surface area contributed by atoms with Crippen LogP contribution in [-0.4, -0.2) is 102 Å². The molecular weight excluding hydrogens is 927 g/mol. The van der Waals surface area contributed by atoms with Crippen LogP contribution in [0, 0.1) is 20.8 Å². The maximum Gasteiger partial charge on any atom is 0.323 e. The summed E-state index contributed by atoms with van der Waals surface area (Å²) in [5, 5.41) is 10.9. The van der Waals surface area contributed by atoms with E-state index in [2.05, 4.69) is 26.2 Å². The van der Waals surface area contributed by atoms with Gasteiger partial charge in [0.15, 0.2) is 0 Å². The lowest BCUT2D eigenvalue weighted by Crippen LogP contribution is -2.42. The lowest BCUT2D eigenvalue weighted by molar-refractivity contribution is 0.237. The number of nitrogens with zero attached hydrogens (tertiary/aromatic N) is 3. The fourth-order valence-corrected chi connectivity index (χ4v) is 12.7. The molecule has 3 saturated heterocycles. The van der Waals surface area contributed by atoms with Crippen molar-refractivity contribution in [2.45, 2.75) is 86.1 Å². The van der Waals surface area contributed by atoms with Gasteiger partial charge in [0.25, 0.3) is 10.1 Å². The number of benzene rings is 5. The van der Waals surface area contributed by atoms with E-state index in [-0.39, 0.29) is 39.9 Å². The van der Waals surface area contributed by atoms with Crippen molar-refractivity contribution in [3.8, 4) is 0 Å². The van der Waals surface area contributed by atoms with Crippen molar-refractivity contribution in [1.82, 2.24) is 13.5 Å². The molecule has 8 rings (SSSR count). The third-order valence-corrected chi connectivity index (χ3v) is 17.3. The first kappa shape index (κ1) is 50.2. The van der Waals surface area contributed by atoms with Gasteiger partial charge in [0.05, 0.1) is 27.3 Å². The summed E-state index contributed by atoms with van der Waals surface area (Å²) in [7, 11) is -11.5. The molecular formula is C49H59N7O9S3. The van der Waals surface area contributed by atoms with E-state index >= 15 is 0 Å². The van der Waals surface area contributed by atoms with Crippen LogP contribution >= 0.6 is 0 Å². The van der Waals surface area contributed by atoms with E-state index < -0.39 is 42.2 Å². The van der Waals surface area contributed by atoms with Crippen molar-refractivity contribution in [1.29, 1.82) is 0 Å². The topological polar surface area (TPSA) is 204 Å². The molecule has 68 heavy (non-hydrogen) atoms. The minimum atomic E-state index is -4.01. The number of nitrogens with one attached hydrogen (secondary N) is 4. The first-order valence-electron chi connectivity index (χ1n) is 22.7. The number of sulfonamides is 2. The molecule has 3 fully saturated rings. The molecule has 0 radical (unpaired) electrons.